The van der Waals surface area contributed by atoms with Gasteiger partial charge in [-0.05, 0) is 17.7 Å². The van der Waals surface area contributed by atoms with Crippen LogP contribution in [0.1, 0.15) is 11.3 Å². The van der Waals surface area contributed by atoms with Gasteiger partial charge in [0.1, 0.15) is 23.5 Å². The first kappa shape index (κ1) is 23.0. The van der Waals surface area contributed by atoms with Gasteiger partial charge in [-0.15, -0.1) is 0 Å². The third kappa shape index (κ3) is 5.51. The van der Waals surface area contributed by atoms with E-state index in [1.165, 1.54) is 12.5 Å². The van der Waals surface area contributed by atoms with Crippen LogP contribution in [0, 0.1) is 5.92 Å². The Balaban J connectivity index is 1.83. The second kappa shape index (κ2) is 10.6. The van der Waals surface area contributed by atoms with Crippen molar-refractivity contribution in [3.8, 4) is 0 Å². The van der Waals surface area contributed by atoms with Crippen molar-refractivity contribution < 1.29 is 29.1 Å². The highest BCUT2D eigenvalue weighted by Crippen LogP contribution is 2.23. The first-order chi connectivity index (χ1) is 15.4. The summed E-state index contributed by atoms with van der Waals surface area (Å²) in [6.07, 6.45) is -1.78. The summed E-state index contributed by atoms with van der Waals surface area (Å²) >= 11 is 0. The zero-order valence-electron chi connectivity index (χ0n) is 17.4. The molecule has 3 aromatic rings. The molecular weight excluding hydrogens is 414 g/mol. The summed E-state index contributed by atoms with van der Waals surface area (Å²) in [5, 5.41) is 25.3. The fourth-order valence-corrected chi connectivity index (χ4v) is 3.46. The second-order valence-corrected chi connectivity index (χ2v) is 7.35. The van der Waals surface area contributed by atoms with Crippen molar-refractivity contribution in [1.82, 2.24) is 16.1 Å². The first-order valence-corrected chi connectivity index (χ1v) is 10.1. The number of hydrogen-bond donors (Lipinski definition) is 5. The van der Waals surface area contributed by atoms with Gasteiger partial charge >= 0.3 is 0 Å². The molecule has 0 aliphatic heterocycles. The van der Waals surface area contributed by atoms with Crippen LogP contribution in [0.2, 0.25) is 0 Å². The van der Waals surface area contributed by atoms with Crippen molar-refractivity contribution in [2.24, 2.45) is 5.92 Å². The predicted molar refractivity (Wildman–Crippen MR) is 115 cm³/mol. The van der Waals surface area contributed by atoms with Gasteiger partial charge < -0.3 is 20.2 Å². The Kier molecular flexibility index (Phi) is 7.58. The normalized spacial score (nSPS) is 13.7. The standard InChI is InChI=1S/C23H25N3O6/c1-24-22(29)18(11-14-7-3-2-4-8-14)25-21(28)17(20(27)23(30)26-31)13-16-12-15-9-5-6-10-19(15)32-16/h2-10,12,17-18,20,27,31H,11,13H2,1H3,(H,24,29)(H,25,28)(H,26,30)/t17-,18+,20+/m1/s1. The summed E-state index contributed by atoms with van der Waals surface area (Å²) in [7, 11) is 1.45. The number of carbonyl (C=O) groups excluding carboxylic acids is 3. The molecule has 32 heavy (non-hydrogen) atoms. The van der Waals surface area contributed by atoms with Crippen LogP contribution in [0.25, 0.3) is 11.0 Å². The highest BCUT2D eigenvalue weighted by atomic mass is 16.5. The number of furan rings is 1. The molecule has 2 aromatic carbocycles. The van der Waals surface area contributed by atoms with Gasteiger partial charge in [0.2, 0.25) is 11.8 Å². The lowest BCUT2D eigenvalue weighted by Crippen LogP contribution is -2.52. The van der Waals surface area contributed by atoms with E-state index in [0.29, 0.717) is 11.3 Å². The number of aliphatic hydroxyl groups is 1. The molecule has 0 bridgehead atoms. The van der Waals surface area contributed by atoms with Crippen LogP contribution in [0.5, 0.6) is 0 Å². The Morgan fingerprint density at radius 1 is 0.938 bits per heavy atom. The van der Waals surface area contributed by atoms with Crippen LogP contribution in [0.4, 0.5) is 0 Å². The van der Waals surface area contributed by atoms with Gasteiger partial charge in [0.05, 0.1) is 5.92 Å². The first-order valence-electron chi connectivity index (χ1n) is 10.1. The van der Waals surface area contributed by atoms with Crippen molar-refractivity contribution in [1.29, 1.82) is 0 Å². The predicted octanol–water partition coefficient (Wildman–Crippen LogP) is 0.931. The molecule has 0 unspecified atom stereocenters. The molecule has 0 aliphatic rings. The zero-order valence-corrected chi connectivity index (χ0v) is 17.4. The van der Waals surface area contributed by atoms with E-state index < -0.39 is 35.8 Å². The number of hydroxylamine groups is 1. The van der Waals surface area contributed by atoms with Gasteiger partial charge in [0.25, 0.3) is 5.91 Å². The molecule has 1 aromatic heterocycles. The number of likely N-dealkylation sites (N-methyl/N-ethyl adjacent to an activating group) is 1. The van der Waals surface area contributed by atoms with E-state index in [4.69, 9.17) is 9.62 Å². The van der Waals surface area contributed by atoms with Crippen molar-refractivity contribution in [2.45, 2.75) is 25.0 Å². The van der Waals surface area contributed by atoms with Gasteiger partial charge in [-0.2, -0.15) is 0 Å². The smallest absolute Gasteiger partial charge is 0.272 e. The van der Waals surface area contributed by atoms with Gasteiger partial charge in [0.15, 0.2) is 0 Å². The van der Waals surface area contributed by atoms with Crippen molar-refractivity contribution >= 4 is 28.7 Å². The number of benzene rings is 2. The van der Waals surface area contributed by atoms with E-state index >= 15 is 0 Å². The molecule has 0 saturated carbocycles. The van der Waals surface area contributed by atoms with E-state index in [0.717, 1.165) is 10.9 Å². The van der Waals surface area contributed by atoms with Crippen LogP contribution < -0.4 is 16.1 Å². The molecule has 3 amide bonds. The van der Waals surface area contributed by atoms with Crippen molar-refractivity contribution in [3.63, 3.8) is 0 Å². The Labute approximate surface area is 184 Å². The molecule has 3 atom stereocenters. The molecule has 9 nitrogen and oxygen atoms in total. The number of fused-ring (bicyclic) bond motifs is 1. The third-order valence-electron chi connectivity index (χ3n) is 5.16. The largest absolute Gasteiger partial charge is 0.461 e. The minimum Gasteiger partial charge on any atom is -0.461 e. The fraction of sp³-hybridized carbons (Fsp3) is 0.261. The molecule has 3 rings (SSSR count). The molecule has 9 heteroatoms. The average Bonchev–Trinajstić information content (AvgIpc) is 3.23. The molecule has 0 aliphatic carbocycles. The quantitative estimate of drug-likeness (QED) is 0.248. The summed E-state index contributed by atoms with van der Waals surface area (Å²) in [6.45, 7) is 0. The number of amides is 3. The molecule has 0 radical (unpaired) electrons. The topological polar surface area (TPSA) is 141 Å². The van der Waals surface area contributed by atoms with E-state index in [9.17, 15) is 19.5 Å². The fourth-order valence-electron chi connectivity index (χ4n) is 3.46. The SMILES string of the molecule is CNC(=O)[C@H](Cc1ccccc1)NC(=O)[C@H](Cc1cc2ccccc2o1)[C@H](O)C(=O)NO. The van der Waals surface area contributed by atoms with Crippen LogP contribution >= 0.6 is 0 Å². The van der Waals surface area contributed by atoms with E-state index in [1.807, 2.05) is 42.5 Å². The summed E-state index contributed by atoms with van der Waals surface area (Å²) in [6, 6.07) is 17.1. The Hall–Kier alpha value is -3.69. The van der Waals surface area contributed by atoms with Gasteiger partial charge in [-0.1, -0.05) is 48.5 Å². The highest BCUT2D eigenvalue weighted by molar-refractivity contribution is 5.92. The summed E-state index contributed by atoms with van der Waals surface area (Å²) < 4.78 is 5.72. The molecule has 0 spiro atoms. The minimum absolute atomic E-state index is 0.124. The van der Waals surface area contributed by atoms with E-state index in [2.05, 4.69) is 10.6 Å². The number of hydrogen-bond acceptors (Lipinski definition) is 6. The number of carbonyl (C=O) groups is 3. The van der Waals surface area contributed by atoms with Crippen molar-refractivity contribution in [2.75, 3.05) is 7.05 Å². The molecule has 0 fully saturated rings. The number of rotatable bonds is 9. The highest BCUT2D eigenvalue weighted by Gasteiger charge is 2.35. The lowest BCUT2D eigenvalue weighted by Gasteiger charge is -2.24. The summed E-state index contributed by atoms with van der Waals surface area (Å²) in [4.78, 5) is 37.4. The summed E-state index contributed by atoms with van der Waals surface area (Å²) in [5.41, 5.74) is 2.78. The van der Waals surface area contributed by atoms with E-state index in [1.54, 1.807) is 18.2 Å². The van der Waals surface area contributed by atoms with Crippen LogP contribution in [0.15, 0.2) is 65.1 Å². The van der Waals surface area contributed by atoms with E-state index in [-0.39, 0.29) is 12.8 Å². The monoisotopic (exact) mass is 439 g/mol. The Bertz CT molecular complexity index is 1050. The lowest BCUT2D eigenvalue weighted by atomic mass is 9.94. The molecule has 0 saturated heterocycles. The lowest BCUT2D eigenvalue weighted by molar-refractivity contribution is -0.146. The third-order valence-corrected chi connectivity index (χ3v) is 5.16. The maximum Gasteiger partial charge on any atom is 0.272 e. The molecular formula is C23H25N3O6. The Morgan fingerprint density at radius 3 is 2.28 bits per heavy atom. The average molecular weight is 439 g/mol. The summed E-state index contributed by atoms with van der Waals surface area (Å²) in [5.74, 6) is -3.24. The minimum atomic E-state index is -1.87. The molecule has 1 heterocycles. The van der Waals surface area contributed by atoms with Gasteiger partial charge in [-0.25, -0.2) is 5.48 Å². The van der Waals surface area contributed by atoms with Crippen LogP contribution in [-0.4, -0.2) is 47.2 Å². The molecule has 168 valence electrons. The van der Waals surface area contributed by atoms with Crippen molar-refractivity contribution in [3.05, 3.63) is 72.0 Å². The number of aliphatic hydroxyl groups excluding tert-OH is 1. The number of para-hydroxylation sites is 1. The molecule has 5 N–H and O–H groups in total. The van der Waals surface area contributed by atoms with Gasteiger partial charge in [-0.3, -0.25) is 19.6 Å². The van der Waals surface area contributed by atoms with Crippen LogP contribution in [0.3, 0.4) is 0 Å². The Morgan fingerprint density at radius 2 is 1.62 bits per heavy atom. The zero-order chi connectivity index (χ0) is 23.1. The maximum atomic E-state index is 13.1. The maximum absolute atomic E-state index is 13.1. The second-order valence-electron chi connectivity index (χ2n) is 7.35. The number of nitrogens with one attached hydrogen (secondary N) is 3. The van der Waals surface area contributed by atoms with Crippen LogP contribution in [-0.2, 0) is 27.2 Å². The van der Waals surface area contributed by atoms with Gasteiger partial charge in [0, 0.05) is 25.3 Å².